The van der Waals surface area contributed by atoms with Crippen molar-refractivity contribution in [2.45, 2.75) is 44.6 Å². The maximum absolute atomic E-state index is 6.57. The number of nitrogens with one attached hydrogen (secondary N) is 1. The van der Waals surface area contributed by atoms with Crippen LogP contribution in [0, 0.1) is 0 Å². The molecular formula is C44H39ClN4O2. The monoisotopic (exact) mass is 690 g/mol. The van der Waals surface area contributed by atoms with Crippen molar-refractivity contribution in [3.05, 3.63) is 166 Å². The minimum absolute atomic E-state index is 0.298. The largest absolute Gasteiger partial charge is 0.487 e. The molecule has 0 spiro atoms. The lowest BCUT2D eigenvalue weighted by Crippen LogP contribution is -2.51. The van der Waals surface area contributed by atoms with Crippen molar-refractivity contribution in [3.63, 3.8) is 0 Å². The first-order valence-electron chi connectivity index (χ1n) is 17.9. The number of rotatable bonds is 9. The molecule has 4 aromatic carbocycles. The second-order valence-corrected chi connectivity index (χ2v) is 14.2. The van der Waals surface area contributed by atoms with Crippen LogP contribution in [0.5, 0.6) is 11.5 Å². The molecule has 1 N–H and O–H groups in total. The molecule has 3 aliphatic heterocycles. The molecule has 6 nitrogen and oxygen atoms in total. The van der Waals surface area contributed by atoms with Crippen LogP contribution in [0.25, 0.3) is 22.3 Å². The van der Waals surface area contributed by atoms with E-state index >= 15 is 0 Å². The normalized spacial score (nSPS) is 17.8. The molecule has 0 radical (unpaired) electrons. The van der Waals surface area contributed by atoms with Crippen LogP contribution in [0.1, 0.15) is 51.2 Å². The number of ether oxygens (including phenoxy) is 2. The Morgan fingerprint density at radius 1 is 0.686 bits per heavy atom. The summed E-state index contributed by atoms with van der Waals surface area (Å²) in [6, 6.07) is 38.6. The predicted octanol–water partition coefficient (Wildman–Crippen LogP) is 8.96. The van der Waals surface area contributed by atoms with E-state index in [1.807, 2.05) is 60.8 Å². The first kappa shape index (κ1) is 31.9. The molecule has 2 aromatic heterocycles. The number of pyridine rings is 2. The molecule has 6 aromatic rings. The van der Waals surface area contributed by atoms with Crippen LogP contribution in [0.4, 0.5) is 0 Å². The summed E-state index contributed by atoms with van der Waals surface area (Å²) < 4.78 is 12.8. The van der Waals surface area contributed by atoms with Gasteiger partial charge in [-0.05, 0) is 125 Å². The van der Waals surface area contributed by atoms with E-state index in [4.69, 9.17) is 21.1 Å². The van der Waals surface area contributed by atoms with Gasteiger partial charge in [0, 0.05) is 60.1 Å². The molecule has 7 heteroatoms. The molecule has 0 saturated carbocycles. The van der Waals surface area contributed by atoms with Gasteiger partial charge in [0.1, 0.15) is 24.7 Å². The summed E-state index contributed by atoms with van der Waals surface area (Å²) in [6.45, 7) is 4.84. The minimum Gasteiger partial charge on any atom is -0.487 e. The van der Waals surface area contributed by atoms with Gasteiger partial charge in [0.2, 0.25) is 0 Å². The standard InChI is InChI=1S/C44H39ClN4O2/c45-35-12-14-43(51-28-37-6-2-4-18-48-37)39(24-35)32-10-8-30-16-20-49-26-41(44(49)40(30)23-32)33-11-13-42(50-27-36-5-1-3-17-47-36)38(22-33)31-9-7-29-15-19-46-25-34(29)21-31/h1-14,17-18,21-24,41,44,46H,15-16,19-20,25-28H2. The van der Waals surface area contributed by atoms with Crippen LogP contribution < -0.4 is 14.8 Å². The lowest BCUT2D eigenvalue weighted by Gasteiger charge is -2.52. The molecule has 51 heavy (non-hydrogen) atoms. The van der Waals surface area contributed by atoms with E-state index in [0.29, 0.717) is 30.2 Å². The van der Waals surface area contributed by atoms with E-state index in [1.165, 1.54) is 33.4 Å². The molecule has 1 saturated heterocycles. The van der Waals surface area contributed by atoms with Crippen LogP contribution >= 0.6 is 11.6 Å². The van der Waals surface area contributed by atoms with Crippen LogP contribution in [0.2, 0.25) is 5.02 Å². The topological polar surface area (TPSA) is 59.5 Å². The second kappa shape index (κ2) is 14.0. The number of fused-ring (bicyclic) bond motifs is 4. The van der Waals surface area contributed by atoms with Gasteiger partial charge in [-0.2, -0.15) is 0 Å². The fourth-order valence-corrected chi connectivity index (χ4v) is 8.12. The second-order valence-electron chi connectivity index (χ2n) is 13.7. The SMILES string of the molecule is Clc1ccc(OCc2ccccn2)c(-c2ccc3c(c2)C2C(c4ccc(OCc5ccccn5)c(-c5ccc6c(c5)CNCC6)c4)CN2CC3)c1. The first-order valence-corrected chi connectivity index (χ1v) is 18.2. The van der Waals surface area contributed by atoms with E-state index in [0.717, 1.165) is 78.6 Å². The van der Waals surface area contributed by atoms with Gasteiger partial charge in [0.05, 0.1) is 11.4 Å². The molecule has 2 unspecified atom stereocenters. The van der Waals surface area contributed by atoms with Crippen molar-refractivity contribution in [1.82, 2.24) is 20.2 Å². The number of aromatic nitrogens is 2. The Kier molecular flexibility index (Phi) is 8.74. The molecule has 0 aliphatic carbocycles. The fraction of sp³-hybridized carbons (Fsp3) is 0.227. The van der Waals surface area contributed by atoms with E-state index in [2.05, 4.69) is 74.8 Å². The minimum atomic E-state index is 0.298. The van der Waals surface area contributed by atoms with Crippen LogP contribution in [-0.4, -0.2) is 34.5 Å². The third-order valence-electron chi connectivity index (χ3n) is 10.6. The van der Waals surface area contributed by atoms with Gasteiger partial charge in [0.15, 0.2) is 0 Å². The van der Waals surface area contributed by atoms with Crippen molar-refractivity contribution in [2.75, 3.05) is 19.6 Å². The van der Waals surface area contributed by atoms with Gasteiger partial charge in [-0.25, -0.2) is 0 Å². The summed E-state index contributed by atoms with van der Waals surface area (Å²) in [4.78, 5) is 11.6. The summed E-state index contributed by atoms with van der Waals surface area (Å²) in [5.74, 6) is 2.05. The predicted molar refractivity (Wildman–Crippen MR) is 202 cm³/mol. The molecule has 5 heterocycles. The summed E-state index contributed by atoms with van der Waals surface area (Å²) in [5, 5.41) is 4.23. The van der Waals surface area contributed by atoms with Crippen molar-refractivity contribution in [3.8, 4) is 33.8 Å². The zero-order chi connectivity index (χ0) is 34.1. The zero-order valence-electron chi connectivity index (χ0n) is 28.4. The van der Waals surface area contributed by atoms with Gasteiger partial charge in [-0.3, -0.25) is 14.9 Å². The number of hydrogen-bond donors (Lipinski definition) is 1. The lowest BCUT2D eigenvalue weighted by atomic mass is 9.73. The molecule has 0 bridgehead atoms. The van der Waals surface area contributed by atoms with Crippen LogP contribution in [0.3, 0.4) is 0 Å². The third kappa shape index (κ3) is 6.51. The zero-order valence-corrected chi connectivity index (χ0v) is 29.2. The average molecular weight is 691 g/mol. The van der Waals surface area contributed by atoms with E-state index in [1.54, 1.807) is 6.20 Å². The Labute approximate surface area is 304 Å². The number of benzene rings is 4. The Balaban J connectivity index is 1.05. The highest BCUT2D eigenvalue weighted by Gasteiger charge is 2.44. The maximum Gasteiger partial charge on any atom is 0.130 e. The van der Waals surface area contributed by atoms with E-state index in [9.17, 15) is 0 Å². The highest BCUT2D eigenvalue weighted by molar-refractivity contribution is 6.31. The quantitative estimate of drug-likeness (QED) is 0.164. The highest BCUT2D eigenvalue weighted by atomic mass is 35.5. The molecule has 2 atom stereocenters. The average Bonchev–Trinajstić information content (AvgIpc) is 3.17. The van der Waals surface area contributed by atoms with Gasteiger partial charge < -0.3 is 14.8 Å². The lowest BCUT2D eigenvalue weighted by molar-refractivity contribution is 0.0496. The highest BCUT2D eigenvalue weighted by Crippen LogP contribution is 2.51. The maximum atomic E-state index is 6.57. The number of hydrogen-bond acceptors (Lipinski definition) is 6. The Bertz CT molecular complexity index is 2190. The molecule has 3 aliphatic rings. The summed E-state index contributed by atoms with van der Waals surface area (Å²) in [5.41, 5.74) is 13.2. The van der Waals surface area contributed by atoms with Gasteiger partial charge in [-0.1, -0.05) is 54.1 Å². The molecular weight excluding hydrogens is 652 g/mol. The van der Waals surface area contributed by atoms with Gasteiger partial charge in [-0.15, -0.1) is 0 Å². The fourth-order valence-electron chi connectivity index (χ4n) is 7.95. The summed E-state index contributed by atoms with van der Waals surface area (Å²) >= 11 is 6.57. The van der Waals surface area contributed by atoms with Crippen molar-refractivity contribution in [1.29, 1.82) is 0 Å². The first-order chi connectivity index (χ1) is 25.2. The number of nitrogens with zero attached hydrogens (tertiary/aromatic N) is 3. The van der Waals surface area contributed by atoms with Crippen molar-refractivity contribution >= 4 is 11.6 Å². The molecule has 9 rings (SSSR count). The van der Waals surface area contributed by atoms with Crippen LogP contribution in [0.15, 0.2) is 122 Å². The smallest absolute Gasteiger partial charge is 0.130 e. The van der Waals surface area contributed by atoms with Crippen molar-refractivity contribution < 1.29 is 9.47 Å². The third-order valence-corrected chi connectivity index (χ3v) is 10.9. The van der Waals surface area contributed by atoms with Gasteiger partial charge in [0.25, 0.3) is 0 Å². The van der Waals surface area contributed by atoms with E-state index in [-0.39, 0.29) is 0 Å². The molecule has 1 fully saturated rings. The summed E-state index contributed by atoms with van der Waals surface area (Å²) in [7, 11) is 0. The van der Waals surface area contributed by atoms with E-state index < -0.39 is 0 Å². The number of halogens is 1. The Morgan fingerprint density at radius 2 is 1.39 bits per heavy atom. The summed E-state index contributed by atoms with van der Waals surface area (Å²) in [6.07, 6.45) is 5.72. The van der Waals surface area contributed by atoms with Crippen LogP contribution in [-0.2, 0) is 32.6 Å². The van der Waals surface area contributed by atoms with Gasteiger partial charge >= 0.3 is 0 Å². The molecule has 0 amide bonds. The van der Waals surface area contributed by atoms with Crippen molar-refractivity contribution in [2.24, 2.45) is 0 Å². The molecule has 254 valence electrons. The Hall–Kier alpha value is -5.01. The Morgan fingerprint density at radius 3 is 2.14 bits per heavy atom.